The van der Waals surface area contributed by atoms with Gasteiger partial charge in [-0.25, -0.2) is 9.97 Å². The lowest BCUT2D eigenvalue weighted by molar-refractivity contribution is 0.415. The van der Waals surface area contributed by atoms with E-state index < -0.39 is 0 Å². The van der Waals surface area contributed by atoms with Gasteiger partial charge >= 0.3 is 0 Å². The number of anilines is 1. The van der Waals surface area contributed by atoms with E-state index in [0.29, 0.717) is 5.82 Å². The summed E-state index contributed by atoms with van der Waals surface area (Å²) in [6, 6.07) is 7.72. The molecule has 0 bridgehead atoms. The lowest BCUT2D eigenvalue weighted by Gasteiger charge is -2.06. The fourth-order valence-corrected chi connectivity index (χ4v) is 1.60. The molecule has 17 heavy (non-hydrogen) atoms. The van der Waals surface area contributed by atoms with Gasteiger partial charge in [0.25, 0.3) is 0 Å². The first-order valence-corrected chi connectivity index (χ1v) is 5.50. The van der Waals surface area contributed by atoms with Gasteiger partial charge in [0.05, 0.1) is 24.7 Å². The maximum absolute atomic E-state index is 5.73. The molecule has 1 aromatic carbocycles. The zero-order chi connectivity index (χ0) is 12.3. The largest absolute Gasteiger partial charge is 0.497 e. The molecule has 2 aromatic rings. The van der Waals surface area contributed by atoms with E-state index >= 15 is 0 Å². The van der Waals surface area contributed by atoms with E-state index in [9.17, 15) is 0 Å². The van der Waals surface area contributed by atoms with Gasteiger partial charge in [-0.15, -0.1) is 0 Å². The summed E-state index contributed by atoms with van der Waals surface area (Å²) in [7, 11) is 1.65. The van der Waals surface area contributed by atoms with Crippen molar-refractivity contribution in [3.63, 3.8) is 0 Å². The normalized spacial score (nSPS) is 10.2. The molecule has 2 N–H and O–H groups in total. The Bertz CT molecular complexity index is 509. The van der Waals surface area contributed by atoms with Crippen LogP contribution in [0.1, 0.15) is 12.6 Å². The lowest BCUT2D eigenvalue weighted by Crippen LogP contribution is -2.01. The van der Waals surface area contributed by atoms with E-state index in [2.05, 4.69) is 9.97 Å². The standard InChI is InChI=1S/C13H15N3O/c1-3-11-13(14)15-8-12(16-11)9-4-6-10(17-2)7-5-9/h4-8H,3H2,1-2H3,(H2,14,15). The number of methoxy groups -OCH3 is 1. The highest BCUT2D eigenvalue weighted by atomic mass is 16.5. The Hall–Kier alpha value is -2.10. The number of nitrogen functional groups attached to an aromatic ring is 1. The molecular weight excluding hydrogens is 214 g/mol. The van der Waals surface area contributed by atoms with Gasteiger partial charge in [0.2, 0.25) is 0 Å². The SMILES string of the molecule is CCc1nc(-c2ccc(OC)cc2)cnc1N. The molecule has 1 aromatic heterocycles. The Morgan fingerprint density at radius 3 is 2.53 bits per heavy atom. The van der Waals surface area contributed by atoms with Crippen LogP contribution in [0.15, 0.2) is 30.5 Å². The maximum Gasteiger partial charge on any atom is 0.145 e. The van der Waals surface area contributed by atoms with Crippen molar-refractivity contribution >= 4 is 5.82 Å². The molecule has 0 aliphatic carbocycles. The molecule has 0 fully saturated rings. The Balaban J connectivity index is 2.38. The summed E-state index contributed by atoms with van der Waals surface area (Å²) < 4.78 is 5.11. The van der Waals surface area contributed by atoms with Crippen LogP contribution in [0.5, 0.6) is 5.75 Å². The van der Waals surface area contributed by atoms with Crippen LogP contribution in [0, 0.1) is 0 Å². The van der Waals surface area contributed by atoms with Crippen molar-refractivity contribution < 1.29 is 4.74 Å². The molecule has 4 nitrogen and oxygen atoms in total. The zero-order valence-corrected chi connectivity index (χ0v) is 9.97. The highest BCUT2D eigenvalue weighted by Gasteiger charge is 2.05. The number of rotatable bonds is 3. The molecule has 1 heterocycles. The number of hydrogen-bond donors (Lipinski definition) is 1. The van der Waals surface area contributed by atoms with E-state index in [4.69, 9.17) is 10.5 Å². The summed E-state index contributed by atoms with van der Waals surface area (Å²) in [6.07, 6.45) is 2.47. The summed E-state index contributed by atoms with van der Waals surface area (Å²) in [4.78, 5) is 8.64. The molecule has 0 spiro atoms. The minimum absolute atomic E-state index is 0.504. The molecule has 4 heteroatoms. The van der Waals surface area contributed by atoms with Crippen LogP contribution in [0.25, 0.3) is 11.3 Å². The first kappa shape index (κ1) is 11.4. The Morgan fingerprint density at radius 1 is 1.24 bits per heavy atom. The molecule has 0 aliphatic rings. The predicted molar refractivity (Wildman–Crippen MR) is 67.8 cm³/mol. The van der Waals surface area contributed by atoms with E-state index in [1.54, 1.807) is 13.3 Å². The third-order valence-corrected chi connectivity index (χ3v) is 2.60. The van der Waals surface area contributed by atoms with Gasteiger partial charge in [-0.05, 0) is 30.7 Å². The molecule has 0 atom stereocenters. The van der Waals surface area contributed by atoms with Gasteiger partial charge in [-0.1, -0.05) is 6.92 Å². The molecule has 0 radical (unpaired) electrons. The van der Waals surface area contributed by atoms with Crippen molar-refractivity contribution in [3.05, 3.63) is 36.2 Å². The lowest BCUT2D eigenvalue weighted by atomic mass is 10.1. The van der Waals surface area contributed by atoms with Crippen molar-refractivity contribution in [1.29, 1.82) is 0 Å². The highest BCUT2D eigenvalue weighted by Crippen LogP contribution is 2.21. The minimum atomic E-state index is 0.504. The molecule has 0 saturated heterocycles. The topological polar surface area (TPSA) is 61.0 Å². The number of hydrogen-bond acceptors (Lipinski definition) is 4. The molecule has 2 rings (SSSR count). The van der Waals surface area contributed by atoms with E-state index in [-0.39, 0.29) is 0 Å². The van der Waals surface area contributed by atoms with Crippen LogP contribution in [0.2, 0.25) is 0 Å². The second-order valence-corrected chi connectivity index (χ2v) is 3.67. The minimum Gasteiger partial charge on any atom is -0.497 e. The second-order valence-electron chi connectivity index (χ2n) is 3.67. The second kappa shape index (κ2) is 4.82. The zero-order valence-electron chi connectivity index (χ0n) is 9.97. The van der Waals surface area contributed by atoms with Gasteiger partial charge in [0, 0.05) is 5.56 Å². The number of aromatic nitrogens is 2. The summed E-state index contributed by atoms with van der Waals surface area (Å²) in [5.74, 6) is 1.33. The summed E-state index contributed by atoms with van der Waals surface area (Å²) in [6.45, 7) is 2.01. The summed E-state index contributed by atoms with van der Waals surface area (Å²) >= 11 is 0. The van der Waals surface area contributed by atoms with Crippen molar-refractivity contribution in [2.45, 2.75) is 13.3 Å². The average Bonchev–Trinajstić information content (AvgIpc) is 2.39. The van der Waals surface area contributed by atoms with Crippen molar-refractivity contribution in [3.8, 4) is 17.0 Å². The van der Waals surface area contributed by atoms with Crippen LogP contribution in [0.4, 0.5) is 5.82 Å². The van der Waals surface area contributed by atoms with Crippen LogP contribution in [0.3, 0.4) is 0 Å². The quantitative estimate of drug-likeness (QED) is 0.877. The number of nitrogens with two attached hydrogens (primary N) is 1. The van der Waals surface area contributed by atoms with E-state index in [1.165, 1.54) is 0 Å². The Labute approximate surface area is 100 Å². The predicted octanol–water partition coefficient (Wildman–Crippen LogP) is 2.30. The van der Waals surface area contributed by atoms with Crippen LogP contribution in [-0.2, 0) is 6.42 Å². The van der Waals surface area contributed by atoms with Crippen molar-refractivity contribution in [2.75, 3.05) is 12.8 Å². The maximum atomic E-state index is 5.73. The third kappa shape index (κ3) is 2.36. The van der Waals surface area contributed by atoms with E-state index in [0.717, 1.165) is 29.1 Å². The number of nitrogens with zero attached hydrogens (tertiary/aromatic N) is 2. The summed E-state index contributed by atoms with van der Waals surface area (Å²) in [5, 5.41) is 0. The van der Waals surface area contributed by atoms with Gasteiger partial charge in [-0.2, -0.15) is 0 Å². The van der Waals surface area contributed by atoms with E-state index in [1.807, 2.05) is 31.2 Å². The molecule has 88 valence electrons. The van der Waals surface area contributed by atoms with Crippen LogP contribution >= 0.6 is 0 Å². The molecule has 0 unspecified atom stereocenters. The Morgan fingerprint density at radius 2 is 1.94 bits per heavy atom. The summed E-state index contributed by atoms with van der Waals surface area (Å²) in [5.41, 5.74) is 8.40. The Kier molecular flexibility index (Phi) is 3.23. The van der Waals surface area contributed by atoms with Gasteiger partial charge in [-0.3, -0.25) is 0 Å². The first-order valence-electron chi connectivity index (χ1n) is 5.50. The fourth-order valence-electron chi connectivity index (χ4n) is 1.60. The molecule has 0 amide bonds. The van der Waals surface area contributed by atoms with Crippen LogP contribution < -0.4 is 10.5 Å². The number of benzene rings is 1. The third-order valence-electron chi connectivity index (χ3n) is 2.60. The number of ether oxygens (including phenoxy) is 1. The monoisotopic (exact) mass is 229 g/mol. The first-order chi connectivity index (χ1) is 8.24. The molecule has 0 aliphatic heterocycles. The number of aryl methyl sites for hydroxylation is 1. The fraction of sp³-hybridized carbons (Fsp3) is 0.231. The van der Waals surface area contributed by atoms with Gasteiger partial charge in [0.1, 0.15) is 11.6 Å². The highest BCUT2D eigenvalue weighted by molar-refractivity contribution is 5.60. The molecular formula is C13H15N3O. The smallest absolute Gasteiger partial charge is 0.145 e. The molecule has 0 saturated carbocycles. The van der Waals surface area contributed by atoms with Gasteiger partial charge < -0.3 is 10.5 Å². The van der Waals surface area contributed by atoms with Crippen LogP contribution in [-0.4, -0.2) is 17.1 Å². The van der Waals surface area contributed by atoms with Gasteiger partial charge in [0.15, 0.2) is 0 Å². The average molecular weight is 229 g/mol. The van der Waals surface area contributed by atoms with Crippen molar-refractivity contribution in [2.24, 2.45) is 0 Å². The van der Waals surface area contributed by atoms with Crippen molar-refractivity contribution in [1.82, 2.24) is 9.97 Å².